The summed E-state index contributed by atoms with van der Waals surface area (Å²) in [6.07, 6.45) is 0.314. The number of piperazine rings is 1. The van der Waals surface area contributed by atoms with Gasteiger partial charge in [0.05, 0.1) is 5.75 Å². The molecule has 6 nitrogen and oxygen atoms in total. The quantitative estimate of drug-likeness (QED) is 0.650. The Hall–Kier alpha value is -1.24. The number of hydrogen-bond donors (Lipinski definition) is 2. The summed E-state index contributed by atoms with van der Waals surface area (Å²) < 4.78 is 0. The highest BCUT2D eigenvalue weighted by Crippen LogP contribution is 2.19. The van der Waals surface area contributed by atoms with E-state index in [1.165, 1.54) is 11.8 Å². The molecule has 0 aromatic rings. The van der Waals surface area contributed by atoms with E-state index in [9.17, 15) is 14.4 Å². The molecule has 0 aromatic heterocycles. The van der Waals surface area contributed by atoms with Crippen molar-refractivity contribution in [3.63, 3.8) is 0 Å². The van der Waals surface area contributed by atoms with Crippen LogP contribution in [0, 0.1) is 0 Å². The number of nitrogens with zero attached hydrogens (tertiary/aromatic N) is 1. The first-order chi connectivity index (χ1) is 8.35. The van der Waals surface area contributed by atoms with E-state index in [1.54, 1.807) is 18.7 Å². The van der Waals surface area contributed by atoms with Crippen LogP contribution in [-0.2, 0) is 14.4 Å². The lowest BCUT2D eigenvalue weighted by molar-refractivity contribution is -0.148. The summed E-state index contributed by atoms with van der Waals surface area (Å²) in [5.74, 6) is 0.177. The third-order valence-electron chi connectivity index (χ3n) is 2.86. The Morgan fingerprint density at radius 1 is 1.50 bits per heavy atom. The fourth-order valence-electron chi connectivity index (χ4n) is 1.80. The van der Waals surface area contributed by atoms with Crippen LogP contribution in [0.5, 0.6) is 0 Å². The molecule has 1 heterocycles. The number of nitrogens with one attached hydrogen (secondary N) is 1. The highest BCUT2D eigenvalue weighted by Gasteiger charge is 2.39. The monoisotopic (exact) mass is 273 g/mol. The average molecular weight is 273 g/mol. The molecule has 7 heteroatoms. The Balaban J connectivity index is 2.45. The molecule has 102 valence electrons. The summed E-state index contributed by atoms with van der Waals surface area (Å²) in [5, 5.41) is 2.74. The van der Waals surface area contributed by atoms with Crippen molar-refractivity contribution in [2.45, 2.75) is 25.8 Å². The number of amides is 3. The SMILES string of the molecule is CC1(C)C(=O)NCCN1C(=O)CCSCC(N)=O. The normalized spacial score (nSPS) is 18.3. The lowest BCUT2D eigenvalue weighted by Gasteiger charge is -2.41. The van der Waals surface area contributed by atoms with E-state index < -0.39 is 5.54 Å². The lowest BCUT2D eigenvalue weighted by Crippen LogP contribution is -2.63. The molecule has 0 bridgehead atoms. The van der Waals surface area contributed by atoms with Gasteiger partial charge in [-0.2, -0.15) is 11.8 Å². The number of rotatable bonds is 5. The zero-order valence-electron chi connectivity index (χ0n) is 10.7. The molecule has 0 atom stereocenters. The van der Waals surface area contributed by atoms with Crippen molar-refractivity contribution in [2.75, 3.05) is 24.6 Å². The maximum atomic E-state index is 12.0. The van der Waals surface area contributed by atoms with Gasteiger partial charge in [-0.1, -0.05) is 0 Å². The van der Waals surface area contributed by atoms with Gasteiger partial charge in [0, 0.05) is 25.3 Å². The van der Waals surface area contributed by atoms with Gasteiger partial charge in [0.15, 0.2) is 0 Å². The molecule has 0 aromatic carbocycles. The lowest BCUT2D eigenvalue weighted by atomic mass is 9.98. The number of nitrogens with two attached hydrogens (primary N) is 1. The Morgan fingerprint density at radius 3 is 2.78 bits per heavy atom. The molecule has 1 rings (SSSR count). The van der Waals surface area contributed by atoms with Crippen LogP contribution in [0.4, 0.5) is 0 Å². The Bertz CT molecular complexity index is 357. The van der Waals surface area contributed by atoms with Gasteiger partial charge in [0.25, 0.3) is 0 Å². The van der Waals surface area contributed by atoms with E-state index in [2.05, 4.69) is 5.32 Å². The van der Waals surface area contributed by atoms with Gasteiger partial charge in [-0.25, -0.2) is 0 Å². The molecule has 0 unspecified atom stereocenters. The van der Waals surface area contributed by atoms with Crippen molar-refractivity contribution in [2.24, 2.45) is 5.73 Å². The first-order valence-electron chi connectivity index (χ1n) is 5.80. The number of hydrogen-bond acceptors (Lipinski definition) is 4. The van der Waals surface area contributed by atoms with Gasteiger partial charge in [0.1, 0.15) is 5.54 Å². The van der Waals surface area contributed by atoms with Gasteiger partial charge < -0.3 is 16.0 Å². The van der Waals surface area contributed by atoms with Crippen LogP contribution in [0.25, 0.3) is 0 Å². The minimum atomic E-state index is -0.802. The molecule has 0 radical (unpaired) electrons. The summed E-state index contributed by atoms with van der Waals surface area (Å²) in [6.45, 7) is 4.48. The van der Waals surface area contributed by atoms with E-state index in [1.807, 2.05) is 0 Å². The fourth-order valence-corrected chi connectivity index (χ4v) is 2.47. The van der Waals surface area contributed by atoms with Crippen LogP contribution in [0.2, 0.25) is 0 Å². The van der Waals surface area contributed by atoms with E-state index >= 15 is 0 Å². The molecule has 1 aliphatic heterocycles. The first-order valence-corrected chi connectivity index (χ1v) is 6.96. The third kappa shape index (κ3) is 3.63. The van der Waals surface area contributed by atoms with Gasteiger partial charge in [0.2, 0.25) is 17.7 Å². The van der Waals surface area contributed by atoms with Gasteiger partial charge in [-0.05, 0) is 13.8 Å². The van der Waals surface area contributed by atoms with Crippen molar-refractivity contribution in [3.05, 3.63) is 0 Å². The molecule has 1 saturated heterocycles. The van der Waals surface area contributed by atoms with Crippen LogP contribution >= 0.6 is 11.8 Å². The summed E-state index contributed by atoms with van der Waals surface area (Å²) in [7, 11) is 0. The maximum Gasteiger partial charge on any atom is 0.245 e. The zero-order valence-corrected chi connectivity index (χ0v) is 11.5. The van der Waals surface area contributed by atoms with Gasteiger partial charge in [-0.3, -0.25) is 14.4 Å². The van der Waals surface area contributed by atoms with E-state index in [0.717, 1.165) is 0 Å². The zero-order chi connectivity index (χ0) is 13.8. The van der Waals surface area contributed by atoms with E-state index in [0.29, 0.717) is 25.3 Å². The Kier molecular flexibility index (Phi) is 5.01. The summed E-state index contributed by atoms with van der Waals surface area (Å²) in [6, 6.07) is 0. The van der Waals surface area contributed by atoms with Crippen LogP contribution in [0.3, 0.4) is 0 Å². The van der Waals surface area contributed by atoms with E-state index in [4.69, 9.17) is 5.73 Å². The number of thioether (sulfide) groups is 1. The largest absolute Gasteiger partial charge is 0.369 e. The molecule has 3 N–H and O–H groups in total. The molecule has 0 spiro atoms. The predicted octanol–water partition coefficient (Wildman–Crippen LogP) is -0.668. The van der Waals surface area contributed by atoms with Crippen molar-refractivity contribution >= 4 is 29.5 Å². The van der Waals surface area contributed by atoms with Crippen LogP contribution in [0.1, 0.15) is 20.3 Å². The number of carbonyl (C=O) groups excluding carboxylic acids is 3. The van der Waals surface area contributed by atoms with Crippen LogP contribution in [-0.4, -0.2) is 52.8 Å². The van der Waals surface area contributed by atoms with Gasteiger partial charge >= 0.3 is 0 Å². The van der Waals surface area contributed by atoms with E-state index in [-0.39, 0.29) is 23.5 Å². The minimum absolute atomic E-state index is 0.0631. The molecule has 18 heavy (non-hydrogen) atoms. The molecule has 3 amide bonds. The van der Waals surface area contributed by atoms with Crippen LogP contribution < -0.4 is 11.1 Å². The van der Waals surface area contributed by atoms with Crippen LogP contribution in [0.15, 0.2) is 0 Å². The second-order valence-corrected chi connectivity index (χ2v) is 5.73. The smallest absolute Gasteiger partial charge is 0.245 e. The number of primary amides is 1. The Labute approximate surface area is 111 Å². The Morgan fingerprint density at radius 2 is 2.17 bits per heavy atom. The van der Waals surface area contributed by atoms with Gasteiger partial charge in [-0.15, -0.1) is 0 Å². The van der Waals surface area contributed by atoms with Crippen molar-refractivity contribution in [1.29, 1.82) is 0 Å². The molecular formula is C11H19N3O3S. The fraction of sp³-hybridized carbons (Fsp3) is 0.727. The van der Waals surface area contributed by atoms with Crippen molar-refractivity contribution < 1.29 is 14.4 Å². The second-order valence-electron chi connectivity index (χ2n) is 4.63. The maximum absolute atomic E-state index is 12.0. The number of carbonyl (C=O) groups is 3. The predicted molar refractivity (Wildman–Crippen MR) is 69.9 cm³/mol. The minimum Gasteiger partial charge on any atom is -0.369 e. The third-order valence-corrected chi connectivity index (χ3v) is 3.84. The average Bonchev–Trinajstić information content (AvgIpc) is 2.27. The molecule has 0 aliphatic carbocycles. The second kappa shape index (κ2) is 6.08. The molecule has 0 saturated carbocycles. The summed E-state index contributed by atoms with van der Waals surface area (Å²) >= 11 is 1.33. The first kappa shape index (κ1) is 14.8. The summed E-state index contributed by atoms with van der Waals surface area (Å²) in [5.41, 5.74) is 4.20. The summed E-state index contributed by atoms with van der Waals surface area (Å²) in [4.78, 5) is 35.8. The van der Waals surface area contributed by atoms with Crippen molar-refractivity contribution in [3.8, 4) is 0 Å². The highest BCUT2D eigenvalue weighted by molar-refractivity contribution is 7.99. The highest BCUT2D eigenvalue weighted by atomic mass is 32.2. The topological polar surface area (TPSA) is 92.5 Å². The molecular weight excluding hydrogens is 254 g/mol. The standard InChI is InChI=1S/C11H19N3O3S/c1-11(2)10(17)13-4-5-14(11)9(16)3-6-18-7-8(12)15/h3-7H2,1-2H3,(H2,12,15)(H,13,17). The van der Waals surface area contributed by atoms with Crippen molar-refractivity contribution in [1.82, 2.24) is 10.2 Å². The molecule has 1 aliphatic rings. The molecule has 1 fully saturated rings.